The van der Waals surface area contributed by atoms with Gasteiger partial charge < -0.3 is 13.0 Å². The van der Waals surface area contributed by atoms with Gasteiger partial charge in [-0.1, -0.05) is 76.9 Å². The van der Waals surface area contributed by atoms with Gasteiger partial charge in [0.1, 0.15) is 11.5 Å². The number of rotatable bonds is 0. The zero-order valence-electron chi connectivity index (χ0n) is 18.6. The molecular weight excluding hydrogens is 380 g/mol. The Kier molecular flexibility index (Phi) is 5.81. The Balaban J connectivity index is 2.15. The van der Waals surface area contributed by atoms with E-state index >= 15 is 0 Å². The number of fused-ring (bicyclic) bond motifs is 2. The monoisotopic (exact) mass is 414 g/mol. The molecule has 5 heteroatoms. The average Bonchev–Trinajstić information content (AvgIpc) is 2.55. The molecule has 2 atom stereocenters. The predicted molar refractivity (Wildman–Crippen MR) is 121 cm³/mol. The molecule has 3 rings (SSSR count). The summed E-state index contributed by atoms with van der Waals surface area (Å²) in [5.74, 6) is 1.93. The van der Waals surface area contributed by atoms with E-state index in [9.17, 15) is 0 Å². The normalized spacial score (nSPS) is 20.4. The van der Waals surface area contributed by atoms with Crippen molar-refractivity contribution in [2.75, 3.05) is 0 Å². The van der Waals surface area contributed by atoms with Crippen molar-refractivity contribution in [1.29, 1.82) is 0 Å². The quantitative estimate of drug-likeness (QED) is 0.516. The molecule has 2 aromatic carbocycles. The molecule has 0 saturated carbocycles. The van der Waals surface area contributed by atoms with E-state index in [0.717, 1.165) is 17.9 Å². The maximum Gasteiger partial charge on any atom is 0.379 e. The van der Waals surface area contributed by atoms with Crippen LogP contribution in [0.1, 0.15) is 63.8 Å². The number of benzene rings is 2. The lowest BCUT2D eigenvalue weighted by molar-refractivity contribution is 0.312. The van der Waals surface area contributed by atoms with Crippen molar-refractivity contribution < 1.29 is 13.0 Å². The van der Waals surface area contributed by atoms with E-state index in [1.807, 2.05) is 0 Å². The first-order valence-electron chi connectivity index (χ1n) is 10.1. The molecule has 0 radical (unpaired) electrons. The summed E-state index contributed by atoms with van der Waals surface area (Å²) in [6.07, 6.45) is 0.810. The van der Waals surface area contributed by atoms with Crippen LogP contribution in [0, 0.1) is 13.8 Å². The topological polar surface area (TPSA) is 27.7 Å². The Morgan fingerprint density at radius 3 is 1.43 bits per heavy atom. The third-order valence-corrected chi connectivity index (χ3v) is 10.7. The summed E-state index contributed by atoms with van der Waals surface area (Å²) in [6.45, 7) is 17.6. The van der Waals surface area contributed by atoms with Gasteiger partial charge in [0, 0.05) is 16.5 Å². The molecule has 0 N–H and O–H groups in total. The van der Waals surface area contributed by atoms with Crippen molar-refractivity contribution in [3.8, 4) is 11.5 Å². The van der Waals surface area contributed by atoms with Crippen molar-refractivity contribution in [1.82, 2.24) is 0 Å². The minimum absolute atomic E-state index is 0.0304. The van der Waals surface area contributed by atoms with E-state index in [-0.39, 0.29) is 10.1 Å². The van der Waals surface area contributed by atoms with Crippen molar-refractivity contribution in [2.45, 2.75) is 71.9 Å². The van der Waals surface area contributed by atoms with Gasteiger partial charge in [0.05, 0.1) is 0 Å². The molecule has 1 heterocycles. The average molecular weight is 415 g/mol. The SMILES string of the molecule is Cc1ccc2c(c1)Cc1cc(C)ccc1O[SiH](C(C)(C)C)O[SiH](C(C)(C)C)O2. The summed E-state index contributed by atoms with van der Waals surface area (Å²) in [6, 6.07) is 13.0. The predicted octanol–water partition coefficient (Wildman–Crippen LogP) is 5.72. The third kappa shape index (κ3) is 4.88. The van der Waals surface area contributed by atoms with E-state index in [1.54, 1.807) is 0 Å². The smallest absolute Gasteiger partial charge is 0.379 e. The largest absolute Gasteiger partial charge is 0.522 e. The van der Waals surface area contributed by atoms with Crippen LogP contribution in [0.2, 0.25) is 10.1 Å². The maximum absolute atomic E-state index is 6.76. The minimum Gasteiger partial charge on any atom is -0.522 e. The van der Waals surface area contributed by atoms with Gasteiger partial charge in [0.2, 0.25) is 0 Å². The van der Waals surface area contributed by atoms with Crippen LogP contribution < -0.4 is 8.85 Å². The Morgan fingerprint density at radius 2 is 1.07 bits per heavy atom. The van der Waals surface area contributed by atoms with E-state index in [0.29, 0.717) is 0 Å². The summed E-state index contributed by atoms with van der Waals surface area (Å²) in [5, 5.41) is -0.0609. The van der Waals surface area contributed by atoms with Gasteiger partial charge in [-0.15, -0.1) is 0 Å². The molecule has 3 nitrogen and oxygen atoms in total. The summed E-state index contributed by atoms with van der Waals surface area (Å²) in [4.78, 5) is 0. The van der Waals surface area contributed by atoms with Gasteiger partial charge in [-0.2, -0.15) is 0 Å². The summed E-state index contributed by atoms with van der Waals surface area (Å²) >= 11 is 0. The van der Waals surface area contributed by atoms with Crippen LogP contribution in [0.3, 0.4) is 0 Å². The fourth-order valence-corrected chi connectivity index (χ4v) is 9.52. The van der Waals surface area contributed by atoms with Gasteiger partial charge >= 0.3 is 18.6 Å². The van der Waals surface area contributed by atoms with Crippen LogP contribution in [0.4, 0.5) is 0 Å². The van der Waals surface area contributed by atoms with Gasteiger partial charge in [-0.05, 0) is 37.1 Å². The molecular formula is C23H34O3Si2. The van der Waals surface area contributed by atoms with Gasteiger partial charge in [-0.3, -0.25) is 0 Å². The van der Waals surface area contributed by atoms with Gasteiger partial charge in [-0.25, -0.2) is 0 Å². The zero-order chi connectivity index (χ0) is 20.7. The second-order valence-corrected chi connectivity index (χ2v) is 16.5. The molecule has 0 saturated heterocycles. The molecule has 0 spiro atoms. The zero-order valence-corrected chi connectivity index (χ0v) is 20.9. The molecule has 28 heavy (non-hydrogen) atoms. The maximum atomic E-state index is 6.76. The Labute approximate surface area is 173 Å². The lowest BCUT2D eigenvalue weighted by atomic mass is 10.00. The van der Waals surface area contributed by atoms with Crippen molar-refractivity contribution in [2.24, 2.45) is 0 Å². The van der Waals surface area contributed by atoms with Gasteiger partial charge in [0.25, 0.3) is 0 Å². The molecule has 0 aliphatic carbocycles. The van der Waals surface area contributed by atoms with Gasteiger partial charge in [0.15, 0.2) is 0 Å². The second-order valence-electron chi connectivity index (χ2n) is 10.2. The lowest BCUT2D eigenvalue weighted by Gasteiger charge is -2.37. The molecule has 1 aliphatic heterocycles. The van der Waals surface area contributed by atoms with Crippen LogP contribution in [-0.2, 0) is 10.5 Å². The van der Waals surface area contributed by atoms with Crippen molar-refractivity contribution in [3.05, 3.63) is 58.7 Å². The van der Waals surface area contributed by atoms with E-state index in [1.165, 1.54) is 22.3 Å². The fourth-order valence-electron chi connectivity index (χ4n) is 3.29. The molecule has 0 aromatic heterocycles. The minimum atomic E-state index is -2.04. The highest BCUT2D eigenvalue weighted by molar-refractivity contribution is 6.63. The highest BCUT2D eigenvalue weighted by Gasteiger charge is 2.41. The van der Waals surface area contributed by atoms with Crippen molar-refractivity contribution in [3.63, 3.8) is 0 Å². The Morgan fingerprint density at radius 1 is 0.679 bits per heavy atom. The molecule has 2 aromatic rings. The van der Waals surface area contributed by atoms with E-state index in [2.05, 4.69) is 91.8 Å². The summed E-state index contributed by atoms with van der Waals surface area (Å²) in [7, 11) is -4.07. The summed E-state index contributed by atoms with van der Waals surface area (Å²) < 4.78 is 20.0. The Hall–Kier alpha value is -1.57. The first-order valence-corrected chi connectivity index (χ1v) is 13.2. The van der Waals surface area contributed by atoms with E-state index < -0.39 is 18.6 Å². The van der Waals surface area contributed by atoms with Crippen LogP contribution in [0.15, 0.2) is 36.4 Å². The van der Waals surface area contributed by atoms with Crippen LogP contribution in [-0.4, -0.2) is 18.6 Å². The highest BCUT2D eigenvalue weighted by Crippen LogP contribution is 2.39. The third-order valence-electron chi connectivity index (χ3n) is 4.94. The molecule has 152 valence electrons. The molecule has 1 aliphatic rings. The fraction of sp³-hybridized carbons (Fsp3) is 0.478. The summed E-state index contributed by atoms with van der Waals surface area (Å²) in [5.41, 5.74) is 4.89. The Bertz CT molecular complexity index is 780. The van der Waals surface area contributed by atoms with Crippen LogP contribution in [0.25, 0.3) is 0 Å². The highest BCUT2D eigenvalue weighted by atomic mass is 28.4. The standard InChI is InChI=1S/C23H34O3Si2/c1-16-9-11-20-18(13-16)15-19-14-17(2)10-12-21(19)25-28(23(6,7)8)26-27(24-20)22(3,4)5/h9-14,27-28H,15H2,1-8H3. The van der Waals surface area contributed by atoms with Crippen LogP contribution in [0.5, 0.6) is 11.5 Å². The number of hydrogen-bond acceptors (Lipinski definition) is 3. The molecule has 0 bridgehead atoms. The van der Waals surface area contributed by atoms with Crippen molar-refractivity contribution >= 4 is 18.6 Å². The molecule has 2 unspecified atom stereocenters. The number of aryl methyl sites for hydroxylation is 2. The first-order chi connectivity index (χ1) is 12.9. The second kappa shape index (κ2) is 7.69. The van der Waals surface area contributed by atoms with Crippen LogP contribution >= 0.6 is 0 Å². The molecule has 0 fully saturated rings. The lowest BCUT2D eigenvalue weighted by Crippen LogP contribution is -2.47. The first kappa shape index (κ1) is 21.2. The number of hydrogen-bond donors (Lipinski definition) is 0. The molecule has 0 amide bonds. The van der Waals surface area contributed by atoms with E-state index in [4.69, 9.17) is 13.0 Å².